The summed E-state index contributed by atoms with van der Waals surface area (Å²) in [5, 5.41) is 14.0. The minimum atomic E-state index is -2.08. The van der Waals surface area contributed by atoms with Gasteiger partial charge in [0.2, 0.25) is 0 Å². The lowest BCUT2D eigenvalue weighted by Crippen LogP contribution is -2.67. The Morgan fingerprint density at radius 3 is 2.39 bits per heavy atom. The number of esters is 1. The van der Waals surface area contributed by atoms with Crippen LogP contribution in [0.3, 0.4) is 0 Å². The molecule has 0 spiro atoms. The molecule has 4 N–H and O–H groups in total. The predicted molar refractivity (Wildman–Crippen MR) is 135 cm³/mol. The standard InChI is InChI=1S/C25H45N3O4Si/c1-18(32-33(7,8)24(3,4)5)21(22(26)29)27-19(2)25(23(30)31-6)15-12-16-28(25)17-20-13-10-9-11-14-20/h9-11,13-14,18-19,21-22,27,29H,12,15-17,26H2,1-8H3/t18-,19?,21+,22?,25?/m1/s1. The van der Waals surface area contributed by atoms with E-state index in [0.29, 0.717) is 13.0 Å². The van der Waals surface area contributed by atoms with Crippen LogP contribution in [-0.4, -0.2) is 67.9 Å². The molecule has 0 radical (unpaired) electrons. The fourth-order valence-corrected chi connectivity index (χ4v) is 6.08. The number of aliphatic hydroxyl groups excluding tert-OH is 1. The topological polar surface area (TPSA) is 97.0 Å². The lowest BCUT2D eigenvalue weighted by molar-refractivity contribution is -0.156. The largest absolute Gasteiger partial charge is 0.468 e. The number of nitrogens with zero attached hydrogens (tertiary/aromatic N) is 1. The van der Waals surface area contributed by atoms with Gasteiger partial charge in [-0.25, -0.2) is 4.79 Å². The van der Waals surface area contributed by atoms with Crippen molar-refractivity contribution in [2.45, 2.75) is 102 Å². The van der Waals surface area contributed by atoms with E-state index in [4.69, 9.17) is 14.9 Å². The maximum absolute atomic E-state index is 13.2. The van der Waals surface area contributed by atoms with Crippen LogP contribution in [0, 0.1) is 0 Å². The molecule has 0 saturated carbocycles. The Hall–Kier alpha value is -1.29. The van der Waals surface area contributed by atoms with E-state index in [1.807, 2.05) is 32.0 Å². The SMILES string of the molecule is COC(=O)C1(C(C)N[C@H](C(N)O)[C@@H](C)O[Si](C)(C)C(C)(C)C)CCCN1Cc1ccccc1. The molecule has 7 nitrogen and oxygen atoms in total. The normalized spacial score (nSPS) is 23.7. The molecular formula is C25H45N3O4Si. The number of hydrogen-bond acceptors (Lipinski definition) is 7. The van der Waals surface area contributed by atoms with Gasteiger partial charge in [-0.15, -0.1) is 0 Å². The van der Waals surface area contributed by atoms with Crippen LogP contribution in [0.5, 0.6) is 0 Å². The zero-order valence-electron chi connectivity index (χ0n) is 21.7. The van der Waals surface area contributed by atoms with Crippen molar-refractivity contribution in [3.05, 3.63) is 35.9 Å². The minimum absolute atomic E-state index is 0.0299. The molecule has 1 aliphatic rings. The highest BCUT2D eigenvalue weighted by Crippen LogP contribution is 2.38. The molecule has 1 aliphatic heterocycles. The van der Waals surface area contributed by atoms with Crippen molar-refractivity contribution < 1.29 is 19.1 Å². The van der Waals surface area contributed by atoms with E-state index in [1.165, 1.54) is 7.11 Å². The highest BCUT2D eigenvalue weighted by molar-refractivity contribution is 6.74. The van der Waals surface area contributed by atoms with E-state index < -0.39 is 26.1 Å². The van der Waals surface area contributed by atoms with Crippen LogP contribution >= 0.6 is 0 Å². The van der Waals surface area contributed by atoms with Gasteiger partial charge in [-0.3, -0.25) is 4.90 Å². The molecule has 0 aromatic heterocycles. The van der Waals surface area contributed by atoms with Crippen LogP contribution in [0.25, 0.3) is 0 Å². The molecule has 1 fully saturated rings. The third-order valence-corrected chi connectivity index (χ3v) is 12.2. The summed E-state index contributed by atoms with van der Waals surface area (Å²) < 4.78 is 11.9. The average Bonchev–Trinajstić information content (AvgIpc) is 3.14. The van der Waals surface area contributed by atoms with Crippen LogP contribution < -0.4 is 11.1 Å². The molecule has 5 atom stereocenters. The van der Waals surface area contributed by atoms with Gasteiger partial charge < -0.3 is 25.3 Å². The number of hydrogen-bond donors (Lipinski definition) is 3. The summed E-state index contributed by atoms with van der Waals surface area (Å²) in [6.07, 6.45) is 0.101. The second-order valence-corrected chi connectivity index (χ2v) is 15.7. The van der Waals surface area contributed by atoms with Gasteiger partial charge in [-0.05, 0) is 56.9 Å². The summed E-state index contributed by atoms with van der Waals surface area (Å²) in [6, 6.07) is 9.29. The molecule has 1 saturated heterocycles. The molecule has 0 amide bonds. The first-order chi connectivity index (χ1) is 15.3. The smallest absolute Gasteiger partial charge is 0.327 e. The number of nitrogens with one attached hydrogen (secondary N) is 1. The number of likely N-dealkylation sites (tertiary alicyclic amines) is 1. The lowest BCUT2D eigenvalue weighted by atomic mass is 9.86. The molecule has 3 unspecified atom stereocenters. The Bertz CT molecular complexity index is 769. The van der Waals surface area contributed by atoms with Crippen molar-refractivity contribution in [2.24, 2.45) is 5.73 Å². The monoisotopic (exact) mass is 479 g/mol. The summed E-state index contributed by atoms with van der Waals surface area (Å²) in [5.74, 6) is -0.265. The van der Waals surface area contributed by atoms with Gasteiger partial charge in [0.05, 0.1) is 19.3 Å². The molecule has 0 bridgehead atoms. The van der Waals surface area contributed by atoms with Crippen molar-refractivity contribution in [3.8, 4) is 0 Å². The maximum Gasteiger partial charge on any atom is 0.327 e. The Kier molecular flexibility index (Phi) is 9.29. The second-order valence-electron chi connectivity index (χ2n) is 10.9. The molecule has 33 heavy (non-hydrogen) atoms. The van der Waals surface area contributed by atoms with Gasteiger partial charge in [0, 0.05) is 12.6 Å². The Morgan fingerprint density at radius 2 is 1.88 bits per heavy atom. The Morgan fingerprint density at radius 1 is 1.27 bits per heavy atom. The van der Waals surface area contributed by atoms with Gasteiger partial charge in [-0.1, -0.05) is 51.1 Å². The Balaban J connectivity index is 2.30. The van der Waals surface area contributed by atoms with Crippen molar-refractivity contribution in [2.75, 3.05) is 13.7 Å². The first kappa shape index (κ1) is 27.9. The van der Waals surface area contributed by atoms with Crippen molar-refractivity contribution in [3.63, 3.8) is 0 Å². The second kappa shape index (κ2) is 11.0. The van der Waals surface area contributed by atoms with Gasteiger partial charge in [0.1, 0.15) is 11.8 Å². The number of benzene rings is 1. The number of methoxy groups -OCH3 is 1. The first-order valence-corrected chi connectivity index (χ1v) is 14.9. The van der Waals surface area contributed by atoms with E-state index >= 15 is 0 Å². The van der Waals surface area contributed by atoms with Crippen LogP contribution in [0.1, 0.15) is 53.0 Å². The number of carbonyl (C=O) groups excluding carboxylic acids is 1. The molecule has 188 valence electrons. The minimum Gasteiger partial charge on any atom is -0.468 e. The fourth-order valence-electron chi connectivity index (χ4n) is 4.65. The van der Waals surface area contributed by atoms with Gasteiger partial charge in [0.25, 0.3) is 0 Å². The molecule has 1 aromatic carbocycles. The summed E-state index contributed by atoms with van der Waals surface area (Å²) in [4.78, 5) is 15.4. The molecule has 1 aromatic rings. The number of ether oxygens (including phenoxy) is 1. The third kappa shape index (κ3) is 6.23. The number of rotatable bonds is 10. The van der Waals surface area contributed by atoms with Gasteiger partial charge >= 0.3 is 5.97 Å². The molecule has 2 rings (SSSR count). The third-order valence-electron chi connectivity index (χ3n) is 7.62. The van der Waals surface area contributed by atoms with Crippen molar-refractivity contribution in [1.82, 2.24) is 10.2 Å². The molecular weight excluding hydrogens is 434 g/mol. The predicted octanol–water partition coefficient (Wildman–Crippen LogP) is 3.23. The van der Waals surface area contributed by atoms with Crippen molar-refractivity contribution in [1.29, 1.82) is 0 Å². The Labute approximate surface area is 201 Å². The maximum atomic E-state index is 13.2. The molecule has 8 heteroatoms. The number of aliphatic hydroxyl groups is 1. The summed E-state index contributed by atoms with van der Waals surface area (Å²) in [6.45, 7) is 16.3. The summed E-state index contributed by atoms with van der Waals surface area (Å²) in [5.41, 5.74) is 6.31. The van der Waals surface area contributed by atoms with Crippen LogP contribution in [0.15, 0.2) is 30.3 Å². The zero-order valence-corrected chi connectivity index (χ0v) is 22.7. The van der Waals surface area contributed by atoms with E-state index in [-0.39, 0.29) is 23.2 Å². The summed E-state index contributed by atoms with van der Waals surface area (Å²) in [7, 11) is -0.641. The van der Waals surface area contributed by atoms with Gasteiger partial charge in [-0.2, -0.15) is 0 Å². The van der Waals surface area contributed by atoms with Crippen LogP contribution in [0.2, 0.25) is 18.1 Å². The quantitative estimate of drug-likeness (QED) is 0.269. The molecule has 0 aliphatic carbocycles. The number of nitrogens with two attached hydrogens (primary N) is 1. The average molecular weight is 480 g/mol. The van der Waals surface area contributed by atoms with Gasteiger partial charge in [0.15, 0.2) is 8.32 Å². The lowest BCUT2D eigenvalue weighted by Gasteiger charge is -2.45. The number of carbonyl (C=O) groups is 1. The zero-order chi connectivity index (χ0) is 25.0. The van der Waals surface area contributed by atoms with E-state index in [2.05, 4.69) is 56.2 Å². The van der Waals surface area contributed by atoms with Crippen molar-refractivity contribution >= 4 is 14.3 Å². The van der Waals surface area contributed by atoms with Crippen LogP contribution in [0.4, 0.5) is 0 Å². The van der Waals surface area contributed by atoms with Crippen LogP contribution in [-0.2, 0) is 20.5 Å². The van der Waals surface area contributed by atoms with E-state index in [0.717, 1.165) is 18.5 Å². The van der Waals surface area contributed by atoms with E-state index in [1.54, 1.807) is 0 Å². The highest BCUT2D eigenvalue weighted by atomic mass is 28.4. The molecule has 1 heterocycles. The van der Waals surface area contributed by atoms with E-state index in [9.17, 15) is 9.90 Å². The fraction of sp³-hybridized carbons (Fsp3) is 0.720. The summed E-state index contributed by atoms with van der Waals surface area (Å²) >= 11 is 0. The highest BCUT2D eigenvalue weighted by Gasteiger charge is 2.53. The first-order valence-electron chi connectivity index (χ1n) is 12.0.